The van der Waals surface area contributed by atoms with E-state index in [1.54, 1.807) is 53.8 Å². The Morgan fingerprint density at radius 1 is 0.971 bits per heavy atom. The maximum absolute atomic E-state index is 13.6. The summed E-state index contributed by atoms with van der Waals surface area (Å²) in [7, 11) is -3.69. The summed E-state index contributed by atoms with van der Waals surface area (Å²) in [6, 6.07) is 22.5. The lowest BCUT2D eigenvalue weighted by Gasteiger charge is -2.28. The second kappa shape index (κ2) is 9.48. The summed E-state index contributed by atoms with van der Waals surface area (Å²) in [6.45, 7) is 2.62. The zero-order valence-electron chi connectivity index (χ0n) is 19.2. The summed E-state index contributed by atoms with van der Waals surface area (Å²) in [5.74, 6) is 0.794. The summed E-state index contributed by atoms with van der Waals surface area (Å²) in [4.78, 5) is 19.6. The van der Waals surface area contributed by atoms with Crippen molar-refractivity contribution in [3.8, 4) is 0 Å². The fourth-order valence-corrected chi connectivity index (χ4v) is 5.78. The molecule has 0 unspecified atom stereocenters. The van der Waals surface area contributed by atoms with E-state index in [0.29, 0.717) is 36.7 Å². The molecular weight excluding hydrogens is 462 g/mol. The molecule has 178 valence electrons. The zero-order valence-corrected chi connectivity index (χ0v) is 20.1. The summed E-state index contributed by atoms with van der Waals surface area (Å²) in [5.41, 5.74) is 2.56. The minimum atomic E-state index is -3.69. The Bertz CT molecular complexity index is 1420. The predicted molar refractivity (Wildman–Crippen MR) is 132 cm³/mol. The largest absolute Gasteiger partial charge is 0.467 e. The van der Waals surface area contributed by atoms with Crippen molar-refractivity contribution in [1.82, 2.24) is 9.29 Å². The van der Waals surface area contributed by atoms with Gasteiger partial charge in [-0.15, -0.1) is 0 Å². The number of rotatable bonds is 6. The molecule has 0 fully saturated rings. The van der Waals surface area contributed by atoms with E-state index < -0.39 is 16.1 Å². The molecule has 7 nitrogen and oxygen atoms in total. The number of carbonyl (C=O) groups is 1. The number of hydrogen-bond acceptors (Lipinski definition) is 5. The zero-order chi connectivity index (χ0) is 24.4. The Labute approximate surface area is 204 Å². The molecule has 2 aromatic heterocycles. The molecule has 4 aromatic rings. The molecule has 0 N–H and O–H groups in total. The van der Waals surface area contributed by atoms with Crippen molar-refractivity contribution in [2.45, 2.75) is 30.8 Å². The number of aromatic nitrogens is 1. The number of carbonyl (C=O) groups excluding carboxylic acids is 1. The summed E-state index contributed by atoms with van der Waals surface area (Å²) >= 11 is 0. The molecule has 5 rings (SSSR count). The Morgan fingerprint density at radius 3 is 2.40 bits per heavy atom. The molecule has 8 heteroatoms. The minimum absolute atomic E-state index is 0.164. The smallest absolute Gasteiger partial charge is 0.260 e. The summed E-state index contributed by atoms with van der Waals surface area (Å²) in [5, 5.41) is 0. The number of furan rings is 1. The van der Waals surface area contributed by atoms with Gasteiger partial charge >= 0.3 is 0 Å². The molecule has 0 aliphatic carbocycles. The first kappa shape index (κ1) is 23.0. The van der Waals surface area contributed by atoms with E-state index >= 15 is 0 Å². The third-order valence-electron chi connectivity index (χ3n) is 6.29. The first-order chi connectivity index (χ1) is 16.9. The van der Waals surface area contributed by atoms with Crippen molar-refractivity contribution >= 4 is 21.7 Å². The van der Waals surface area contributed by atoms with Crippen molar-refractivity contribution in [1.29, 1.82) is 0 Å². The van der Waals surface area contributed by atoms with E-state index in [0.717, 1.165) is 5.56 Å². The summed E-state index contributed by atoms with van der Waals surface area (Å²) < 4.78 is 33.6. The highest BCUT2D eigenvalue weighted by atomic mass is 32.2. The van der Waals surface area contributed by atoms with Crippen molar-refractivity contribution in [2.75, 3.05) is 11.4 Å². The van der Waals surface area contributed by atoms with Crippen LogP contribution in [0.5, 0.6) is 0 Å². The number of pyridine rings is 1. The lowest BCUT2D eigenvalue weighted by Crippen LogP contribution is -2.36. The molecule has 2 aromatic carbocycles. The average Bonchev–Trinajstić information content (AvgIpc) is 3.44. The van der Waals surface area contributed by atoms with Crippen LogP contribution in [0.1, 0.15) is 40.2 Å². The van der Waals surface area contributed by atoms with Gasteiger partial charge in [0.15, 0.2) is 0 Å². The lowest BCUT2D eigenvalue weighted by molar-refractivity contribution is 0.0974. The van der Waals surface area contributed by atoms with Crippen molar-refractivity contribution in [3.05, 3.63) is 114 Å². The van der Waals surface area contributed by atoms with Crippen LogP contribution in [0, 0.1) is 0 Å². The van der Waals surface area contributed by atoms with Crippen LogP contribution in [0.4, 0.5) is 5.82 Å². The van der Waals surface area contributed by atoms with Crippen molar-refractivity contribution in [3.63, 3.8) is 0 Å². The Morgan fingerprint density at radius 2 is 1.71 bits per heavy atom. The Kier molecular flexibility index (Phi) is 6.23. The van der Waals surface area contributed by atoms with Gasteiger partial charge in [0.05, 0.1) is 17.2 Å². The van der Waals surface area contributed by atoms with Crippen LogP contribution in [0.15, 0.2) is 101 Å². The highest BCUT2D eigenvalue weighted by Crippen LogP contribution is 2.29. The number of hydrogen-bond donors (Lipinski definition) is 0. The molecule has 0 spiro atoms. The maximum Gasteiger partial charge on any atom is 0.260 e. The van der Waals surface area contributed by atoms with Crippen LogP contribution >= 0.6 is 0 Å². The highest BCUT2D eigenvalue weighted by molar-refractivity contribution is 7.89. The fourth-order valence-electron chi connectivity index (χ4n) is 4.36. The molecule has 3 heterocycles. The third kappa shape index (κ3) is 4.50. The number of sulfonamides is 1. The number of fused-ring (bicyclic) bond motifs is 1. The topological polar surface area (TPSA) is 83.7 Å². The van der Waals surface area contributed by atoms with Gasteiger partial charge in [0, 0.05) is 24.8 Å². The lowest BCUT2D eigenvalue weighted by atomic mass is 10.0. The van der Waals surface area contributed by atoms with E-state index in [9.17, 15) is 13.2 Å². The highest BCUT2D eigenvalue weighted by Gasteiger charge is 2.30. The monoisotopic (exact) mass is 487 g/mol. The molecule has 35 heavy (non-hydrogen) atoms. The first-order valence-electron chi connectivity index (χ1n) is 11.4. The van der Waals surface area contributed by atoms with Gasteiger partial charge in [-0.25, -0.2) is 13.4 Å². The fraction of sp³-hybridized carbons (Fsp3) is 0.185. The molecule has 0 bridgehead atoms. The molecular formula is C27H25N3O4S. The number of benzene rings is 2. The number of nitrogens with zero attached hydrogens (tertiary/aromatic N) is 3. The molecule has 1 amide bonds. The van der Waals surface area contributed by atoms with Gasteiger partial charge in [-0.3, -0.25) is 9.69 Å². The van der Waals surface area contributed by atoms with E-state index in [2.05, 4.69) is 4.98 Å². The average molecular weight is 488 g/mol. The van der Waals surface area contributed by atoms with Gasteiger partial charge in [-0.2, -0.15) is 4.31 Å². The Balaban J connectivity index is 1.41. The van der Waals surface area contributed by atoms with E-state index in [1.165, 1.54) is 22.0 Å². The standard InChI is InChI=1S/C27H25N3O4S/c1-20(25-9-6-18-34-25)30(26-10-4-5-16-28-26)27(31)22-11-13-24(14-12-22)35(32,33)29-17-15-21-7-2-3-8-23(21)19-29/h2-14,16,18,20H,15,17,19H2,1H3/t20-/m0/s1. The maximum atomic E-state index is 13.6. The molecule has 0 radical (unpaired) electrons. The van der Waals surface area contributed by atoms with Gasteiger partial charge in [-0.05, 0) is 73.0 Å². The van der Waals surface area contributed by atoms with Crippen molar-refractivity contribution < 1.29 is 17.6 Å². The van der Waals surface area contributed by atoms with Crippen LogP contribution < -0.4 is 4.90 Å². The van der Waals surface area contributed by atoms with E-state index in [-0.39, 0.29) is 10.8 Å². The van der Waals surface area contributed by atoms with Crippen LogP contribution in [0.25, 0.3) is 0 Å². The van der Waals surface area contributed by atoms with Crippen LogP contribution in [-0.4, -0.2) is 30.2 Å². The first-order valence-corrected chi connectivity index (χ1v) is 12.8. The second-order valence-electron chi connectivity index (χ2n) is 8.44. The minimum Gasteiger partial charge on any atom is -0.467 e. The number of amides is 1. The van der Waals surface area contributed by atoms with E-state index in [1.807, 2.05) is 37.3 Å². The molecule has 1 aliphatic heterocycles. The predicted octanol–water partition coefficient (Wildman–Crippen LogP) is 4.83. The van der Waals surface area contributed by atoms with Gasteiger partial charge in [0.2, 0.25) is 10.0 Å². The van der Waals surface area contributed by atoms with Crippen molar-refractivity contribution in [2.24, 2.45) is 0 Å². The van der Waals surface area contributed by atoms with Gasteiger partial charge in [-0.1, -0.05) is 30.3 Å². The molecule has 1 aliphatic rings. The summed E-state index contributed by atoms with van der Waals surface area (Å²) in [6.07, 6.45) is 3.86. The van der Waals surface area contributed by atoms with E-state index in [4.69, 9.17) is 4.42 Å². The molecule has 0 saturated carbocycles. The SMILES string of the molecule is C[C@@H](c1ccco1)N(C(=O)c1ccc(S(=O)(=O)N2CCc3ccccc3C2)cc1)c1ccccn1. The molecule has 1 atom stereocenters. The Hall–Kier alpha value is -3.75. The van der Waals surface area contributed by atoms with Gasteiger partial charge in [0.1, 0.15) is 11.6 Å². The molecule has 0 saturated heterocycles. The van der Waals surface area contributed by atoms with Crippen LogP contribution in [-0.2, 0) is 23.0 Å². The van der Waals surface area contributed by atoms with Gasteiger partial charge < -0.3 is 4.42 Å². The number of anilines is 1. The normalized spacial score (nSPS) is 14.8. The second-order valence-corrected chi connectivity index (χ2v) is 10.4. The third-order valence-corrected chi connectivity index (χ3v) is 8.15. The van der Waals surface area contributed by atoms with Crippen LogP contribution in [0.3, 0.4) is 0 Å². The van der Waals surface area contributed by atoms with Crippen LogP contribution in [0.2, 0.25) is 0 Å². The quantitative estimate of drug-likeness (QED) is 0.389. The van der Waals surface area contributed by atoms with Gasteiger partial charge in [0.25, 0.3) is 5.91 Å².